The van der Waals surface area contributed by atoms with Crippen molar-refractivity contribution in [3.05, 3.63) is 12.2 Å². The van der Waals surface area contributed by atoms with Crippen molar-refractivity contribution in [3.8, 4) is 0 Å². The van der Waals surface area contributed by atoms with E-state index < -0.39 is 32.5 Å². The lowest BCUT2D eigenvalue weighted by atomic mass is 10.0. The first kappa shape index (κ1) is 46.8. The van der Waals surface area contributed by atoms with E-state index in [1.165, 1.54) is 116 Å². The summed E-state index contributed by atoms with van der Waals surface area (Å²) in [6.07, 6.45) is 37.9. The van der Waals surface area contributed by atoms with E-state index in [1.54, 1.807) is 0 Å². The maximum absolute atomic E-state index is 12.3. The van der Waals surface area contributed by atoms with Crippen molar-refractivity contribution < 1.29 is 37.9 Å². The van der Waals surface area contributed by atoms with Crippen LogP contribution in [0.1, 0.15) is 206 Å². The molecule has 0 bridgehead atoms. The number of phosphoric ester groups is 1. The van der Waals surface area contributed by atoms with Gasteiger partial charge in [-0.2, -0.15) is 0 Å². The fraction of sp³-hybridized carbons (Fsp3) is 0.897. The molecule has 1 unspecified atom stereocenters. The van der Waals surface area contributed by atoms with Crippen molar-refractivity contribution in [1.29, 1.82) is 0 Å². The first-order valence-electron chi connectivity index (χ1n) is 20.0. The summed E-state index contributed by atoms with van der Waals surface area (Å²) in [4.78, 5) is 42.7. The van der Waals surface area contributed by atoms with Crippen LogP contribution in [0.25, 0.3) is 0 Å². The van der Waals surface area contributed by atoms with Crippen LogP contribution in [0.15, 0.2) is 12.2 Å². The number of allylic oxidation sites excluding steroid dienone is 2. The molecule has 0 radical (unpaired) electrons. The molecule has 0 aromatic rings. The molecule has 0 fully saturated rings. The quantitative estimate of drug-likeness (QED) is 0.0284. The molecule has 0 spiro atoms. The second kappa shape index (κ2) is 35.6. The minimum Gasteiger partial charge on any atom is -0.462 e. The number of unbranched alkanes of at least 4 members (excludes halogenated alkanes) is 25. The fourth-order valence-corrected chi connectivity index (χ4v) is 6.14. The van der Waals surface area contributed by atoms with Crippen molar-refractivity contribution in [2.45, 2.75) is 213 Å². The Balaban J connectivity index is 3.88. The summed E-state index contributed by atoms with van der Waals surface area (Å²) in [6, 6.07) is 0. The fourth-order valence-electron chi connectivity index (χ4n) is 5.78. The van der Waals surface area contributed by atoms with E-state index in [0.717, 1.165) is 57.8 Å². The molecule has 0 aliphatic carbocycles. The van der Waals surface area contributed by atoms with Crippen molar-refractivity contribution in [3.63, 3.8) is 0 Å². The number of ether oxygens (including phenoxy) is 2. The lowest BCUT2D eigenvalue weighted by molar-refractivity contribution is -0.161. The van der Waals surface area contributed by atoms with Gasteiger partial charge < -0.3 is 19.3 Å². The number of hydrogen-bond donors (Lipinski definition) is 2. The zero-order valence-electron chi connectivity index (χ0n) is 31.2. The number of phosphoric acid groups is 1. The molecule has 48 heavy (non-hydrogen) atoms. The Kier molecular flexibility index (Phi) is 34.7. The standard InChI is InChI=1S/C39H75O8P/c1-3-5-7-9-11-13-15-17-18-19-20-21-22-24-25-27-29-31-33-38(40)45-35-37(36-46-48(42,43)44)47-39(41)34-32-30-28-26-23-16-14-12-10-8-6-4-2/h12,14,37H,3-11,13,15-36H2,1-2H3,(H2,42,43,44)/b14-12-. The molecule has 2 N–H and O–H groups in total. The molecule has 0 aromatic heterocycles. The van der Waals surface area contributed by atoms with Gasteiger partial charge in [-0.1, -0.05) is 167 Å². The number of esters is 2. The Labute approximate surface area is 295 Å². The highest BCUT2D eigenvalue weighted by Gasteiger charge is 2.22. The Morgan fingerprint density at radius 1 is 0.521 bits per heavy atom. The third kappa shape index (κ3) is 37.6. The van der Waals surface area contributed by atoms with Crippen LogP contribution < -0.4 is 0 Å². The highest BCUT2D eigenvalue weighted by atomic mass is 31.2. The van der Waals surface area contributed by atoms with Gasteiger partial charge in [0.05, 0.1) is 6.61 Å². The smallest absolute Gasteiger partial charge is 0.462 e. The Hall–Kier alpha value is -1.21. The van der Waals surface area contributed by atoms with Crippen LogP contribution >= 0.6 is 7.82 Å². The van der Waals surface area contributed by atoms with Crippen LogP contribution in [0, 0.1) is 0 Å². The van der Waals surface area contributed by atoms with Crippen LogP contribution in [0.2, 0.25) is 0 Å². The van der Waals surface area contributed by atoms with Crippen molar-refractivity contribution in [1.82, 2.24) is 0 Å². The molecular weight excluding hydrogens is 627 g/mol. The van der Waals surface area contributed by atoms with Gasteiger partial charge in [0.25, 0.3) is 0 Å². The molecule has 0 aromatic carbocycles. The summed E-state index contributed by atoms with van der Waals surface area (Å²) in [6.45, 7) is 3.66. The largest absolute Gasteiger partial charge is 0.469 e. The van der Waals surface area contributed by atoms with Gasteiger partial charge in [0.15, 0.2) is 6.10 Å². The Morgan fingerprint density at radius 2 is 0.875 bits per heavy atom. The maximum atomic E-state index is 12.3. The molecule has 0 saturated carbocycles. The molecule has 0 rings (SSSR count). The first-order valence-corrected chi connectivity index (χ1v) is 21.5. The van der Waals surface area contributed by atoms with Gasteiger partial charge in [0, 0.05) is 12.8 Å². The van der Waals surface area contributed by atoms with Crippen LogP contribution in [-0.2, 0) is 28.2 Å². The summed E-state index contributed by atoms with van der Waals surface area (Å²) in [5, 5.41) is 0. The molecule has 0 amide bonds. The molecule has 0 aliphatic rings. The third-order valence-corrected chi connectivity index (χ3v) is 9.27. The number of hydrogen-bond acceptors (Lipinski definition) is 6. The van der Waals surface area contributed by atoms with Crippen LogP contribution in [0.4, 0.5) is 0 Å². The van der Waals surface area contributed by atoms with Crippen molar-refractivity contribution in [2.24, 2.45) is 0 Å². The van der Waals surface area contributed by atoms with Gasteiger partial charge in [0.2, 0.25) is 0 Å². The van der Waals surface area contributed by atoms with E-state index in [4.69, 9.17) is 19.3 Å². The zero-order valence-corrected chi connectivity index (χ0v) is 32.0. The number of rotatable bonds is 37. The van der Waals surface area contributed by atoms with Gasteiger partial charge in [-0.25, -0.2) is 4.57 Å². The van der Waals surface area contributed by atoms with Gasteiger partial charge in [-0.3, -0.25) is 14.1 Å². The molecule has 284 valence electrons. The van der Waals surface area contributed by atoms with E-state index in [2.05, 4.69) is 30.5 Å². The average Bonchev–Trinajstić information content (AvgIpc) is 3.05. The van der Waals surface area contributed by atoms with Crippen molar-refractivity contribution in [2.75, 3.05) is 13.2 Å². The third-order valence-electron chi connectivity index (χ3n) is 8.78. The Morgan fingerprint density at radius 3 is 1.31 bits per heavy atom. The number of carbonyl (C=O) groups is 2. The van der Waals surface area contributed by atoms with Gasteiger partial charge in [-0.15, -0.1) is 0 Å². The predicted molar refractivity (Wildman–Crippen MR) is 198 cm³/mol. The van der Waals surface area contributed by atoms with Crippen LogP contribution in [-0.4, -0.2) is 41.0 Å². The second-order valence-electron chi connectivity index (χ2n) is 13.6. The zero-order chi connectivity index (χ0) is 35.4. The second-order valence-corrected chi connectivity index (χ2v) is 14.9. The van der Waals surface area contributed by atoms with Gasteiger partial charge in [-0.05, 0) is 38.5 Å². The molecule has 8 nitrogen and oxygen atoms in total. The van der Waals surface area contributed by atoms with E-state index >= 15 is 0 Å². The normalized spacial score (nSPS) is 12.5. The van der Waals surface area contributed by atoms with Crippen LogP contribution in [0.5, 0.6) is 0 Å². The minimum atomic E-state index is -4.75. The first-order chi connectivity index (χ1) is 23.3. The highest BCUT2D eigenvalue weighted by Crippen LogP contribution is 2.36. The van der Waals surface area contributed by atoms with E-state index in [-0.39, 0.29) is 19.4 Å². The summed E-state index contributed by atoms with van der Waals surface area (Å²) in [7, 11) is -4.75. The van der Waals surface area contributed by atoms with Gasteiger partial charge in [0.1, 0.15) is 6.61 Å². The highest BCUT2D eigenvalue weighted by molar-refractivity contribution is 7.46. The van der Waals surface area contributed by atoms with E-state index in [1.807, 2.05) is 0 Å². The molecule has 0 aliphatic heterocycles. The van der Waals surface area contributed by atoms with E-state index in [9.17, 15) is 14.2 Å². The Bertz CT molecular complexity index is 797. The molecule has 1 atom stereocenters. The average molecular weight is 703 g/mol. The summed E-state index contributed by atoms with van der Waals surface area (Å²) < 4.78 is 26.3. The molecule has 0 heterocycles. The molecular formula is C39H75O8P. The number of carbonyl (C=O) groups excluding carboxylic acids is 2. The summed E-state index contributed by atoms with van der Waals surface area (Å²) in [5.74, 6) is -0.886. The lowest BCUT2D eigenvalue weighted by Crippen LogP contribution is -2.29. The summed E-state index contributed by atoms with van der Waals surface area (Å²) in [5.41, 5.74) is 0. The summed E-state index contributed by atoms with van der Waals surface area (Å²) >= 11 is 0. The van der Waals surface area contributed by atoms with E-state index in [0.29, 0.717) is 6.42 Å². The monoisotopic (exact) mass is 703 g/mol. The maximum Gasteiger partial charge on any atom is 0.469 e. The minimum absolute atomic E-state index is 0.205. The molecule has 9 heteroatoms. The molecule has 0 saturated heterocycles. The van der Waals surface area contributed by atoms with Crippen LogP contribution in [0.3, 0.4) is 0 Å². The van der Waals surface area contributed by atoms with Crippen molar-refractivity contribution >= 4 is 19.8 Å². The predicted octanol–water partition coefficient (Wildman–Crippen LogP) is 11.8. The SMILES string of the molecule is CCCCC/C=C\CCCCCCCC(=O)OC(COC(=O)CCCCCCCCCCCCCCCCCCCC)COP(=O)(O)O. The van der Waals surface area contributed by atoms with Gasteiger partial charge >= 0.3 is 19.8 Å². The topological polar surface area (TPSA) is 119 Å². The lowest BCUT2D eigenvalue weighted by Gasteiger charge is -2.18.